The number of hydrogen-bond donors (Lipinski definition) is 1. The van der Waals surface area contributed by atoms with Gasteiger partial charge in [0.15, 0.2) is 0 Å². The topological polar surface area (TPSA) is 28.2 Å². The molecule has 1 N–H and O–H groups in total. The van der Waals surface area contributed by atoms with Crippen molar-refractivity contribution in [3.63, 3.8) is 0 Å². The molecule has 96 valence electrons. The molecule has 3 nitrogen and oxygen atoms in total. The first-order valence-electron chi connectivity index (χ1n) is 6.70. The lowest BCUT2D eigenvalue weighted by atomic mass is 10.1. The van der Waals surface area contributed by atoms with Crippen molar-refractivity contribution in [2.75, 3.05) is 25.0 Å². The number of aromatic nitrogens is 1. The van der Waals surface area contributed by atoms with E-state index in [2.05, 4.69) is 39.7 Å². The highest BCUT2D eigenvalue weighted by Gasteiger charge is 2.19. The van der Waals surface area contributed by atoms with Gasteiger partial charge in [0.1, 0.15) is 5.00 Å². The van der Waals surface area contributed by atoms with Crippen molar-refractivity contribution in [2.24, 2.45) is 0 Å². The summed E-state index contributed by atoms with van der Waals surface area (Å²) in [5.74, 6) is 0. The highest BCUT2D eigenvalue weighted by molar-refractivity contribution is 7.11. The molecule has 0 saturated carbocycles. The lowest BCUT2D eigenvalue weighted by Crippen LogP contribution is -2.38. The minimum atomic E-state index is 0.608. The third-order valence-corrected chi connectivity index (χ3v) is 4.56. The van der Waals surface area contributed by atoms with Crippen molar-refractivity contribution in [2.45, 2.75) is 25.8 Å². The summed E-state index contributed by atoms with van der Waals surface area (Å²) in [5.41, 5.74) is 1.11. The second kappa shape index (κ2) is 5.24. The van der Waals surface area contributed by atoms with E-state index in [1.54, 1.807) is 11.5 Å². The number of nitrogens with one attached hydrogen (secondary N) is 1. The second-order valence-electron chi connectivity index (χ2n) is 4.88. The SMILES string of the molecule is CCN1CCC(Nc2snc3ccccc23)CC1. The fourth-order valence-corrected chi connectivity index (χ4v) is 3.41. The van der Waals surface area contributed by atoms with Gasteiger partial charge in [0.05, 0.1) is 5.52 Å². The van der Waals surface area contributed by atoms with Gasteiger partial charge in [0, 0.05) is 24.5 Å². The summed E-state index contributed by atoms with van der Waals surface area (Å²) >= 11 is 1.59. The van der Waals surface area contributed by atoms with E-state index < -0.39 is 0 Å². The van der Waals surface area contributed by atoms with Crippen molar-refractivity contribution in [3.8, 4) is 0 Å². The Bertz CT molecular complexity index is 514. The first kappa shape index (κ1) is 11.9. The number of piperidine rings is 1. The second-order valence-corrected chi connectivity index (χ2v) is 5.66. The number of rotatable bonds is 3. The fourth-order valence-electron chi connectivity index (χ4n) is 2.57. The Labute approximate surface area is 112 Å². The zero-order valence-corrected chi connectivity index (χ0v) is 11.5. The molecule has 0 spiro atoms. The minimum absolute atomic E-state index is 0.608. The third-order valence-electron chi connectivity index (χ3n) is 3.75. The van der Waals surface area contributed by atoms with E-state index in [1.165, 1.54) is 42.9 Å². The molecule has 1 aromatic carbocycles. The van der Waals surface area contributed by atoms with Crippen molar-refractivity contribution in [1.82, 2.24) is 9.27 Å². The molecule has 2 aromatic rings. The molecular weight excluding hydrogens is 242 g/mol. The molecule has 2 heterocycles. The smallest absolute Gasteiger partial charge is 0.117 e. The summed E-state index contributed by atoms with van der Waals surface area (Å²) in [6.07, 6.45) is 2.47. The maximum Gasteiger partial charge on any atom is 0.117 e. The first-order valence-corrected chi connectivity index (χ1v) is 7.47. The highest BCUT2D eigenvalue weighted by Crippen LogP contribution is 2.29. The van der Waals surface area contributed by atoms with E-state index in [-0.39, 0.29) is 0 Å². The van der Waals surface area contributed by atoms with Crippen LogP contribution in [-0.4, -0.2) is 34.9 Å². The Morgan fingerprint density at radius 3 is 2.89 bits per heavy atom. The molecule has 1 saturated heterocycles. The summed E-state index contributed by atoms with van der Waals surface area (Å²) < 4.78 is 4.48. The van der Waals surface area contributed by atoms with E-state index in [0.717, 1.165) is 5.52 Å². The van der Waals surface area contributed by atoms with Crippen molar-refractivity contribution < 1.29 is 0 Å². The predicted octanol–water partition coefficient (Wildman–Crippen LogP) is 3.19. The van der Waals surface area contributed by atoms with Crippen molar-refractivity contribution in [3.05, 3.63) is 24.3 Å². The number of benzene rings is 1. The summed E-state index contributed by atoms with van der Waals surface area (Å²) in [6, 6.07) is 8.98. The van der Waals surface area contributed by atoms with Crippen LogP contribution in [0.2, 0.25) is 0 Å². The normalized spacial score (nSPS) is 18.3. The maximum absolute atomic E-state index is 4.48. The van der Waals surface area contributed by atoms with Crippen LogP contribution in [0, 0.1) is 0 Å². The largest absolute Gasteiger partial charge is 0.372 e. The Morgan fingerprint density at radius 1 is 1.33 bits per heavy atom. The number of nitrogens with zero attached hydrogens (tertiary/aromatic N) is 2. The van der Waals surface area contributed by atoms with Crippen LogP contribution in [0.4, 0.5) is 5.00 Å². The third kappa shape index (κ3) is 2.35. The molecule has 0 bridgehead atoms. The van der Waals surface area contributed by atoms with Gasteiger partial charge in [0.25, 0.3) is 0 Å². The molecular formula is C14H19N3S. The number of anilines is 1. The number of likely N-dealkylation sites (tertiary alicyclic amines) is 1. The fraction of sp³-hybridized carbons (Fsp3) is 0.500. The molecule has 0 unspecified atom stereocenters. The molecule has 1 fully saturated rings. The van der Waals surface area contributed by atoms with E-state index in [9.17, 15) is 0 Å². The quantitative estimate of drug-likeness (QED) is 0.919. The van der Waals surface area contributed by atoms with Gasteiger partial charge in [0.2, 0.25) is 0 Å². The number of hydrogen-bond acceptors (Lipinski definition) is 4. The van der Waals surface area contributed by atoms with Gasteiger partial charge in [-0.1, -0.05) is 19.1 Å². The molecule has 18 heavy (non-hydrogen) atoms. The van der Waals surface area contributed by atoms with Gasteiger partial charge in [-0.05, 0) is 43.1 Å². The van der Waals surface area contributed by atoms with Gasteiger partial charge in [-0.2, -0.15) is 4.37 Å². The molecule has 1 aliphatic rings. The Morgan fingerprint density at radius 2 is 2.11 bits per heavy atom. The molecule has 3 rings (SSSR count). The summed E-state index contributed by atoms with van der Waals surface area (Å²) in [5, 5.41) is 6.18. The molecule has 0 aliphatic carbocycles. The lowest BCUT2D eigenvalue weighted by Gasteiger charge is -2.31. The van der Waals surface area contributed by atoms with Crippen molar-refractivity contribution in [1.29, 1.82) is 0 Å². The monoisotopic (exact) mass is 261 g/mol. The molecule has 0 radical (unpaired) electrons. The number of fused-ring (bicyclic) bond motifs is 1. The van der Waals surface area contributed by atoms with Gasteiger partial charge in [-0.15, -0.1) is 0 Å². The summed E-state index contributed by atoms with van der Waals surface area (Å²) in [7, 11) is 0. The summed E-state index contributed by atoms with van der Waals surface area (Å²) in [6.45, 7) is 5.84. The molecule has 0 atom stereocenters. The Kier molecular flexibility index (Phi) is 3.48. The average molecular weight is 261 g/mol. The van der Waals surface area contributed by atoms with Gasteiger partial charge >= 0.3 is 0 Å². The molecule has 4 heteroatoms. The predicted molar refractivity (Wildman–Crippen MR) is 78.4 cm³/mol. The zero-order valence-electron chi connectivity index (χ0n) is 10.7. The van der Waals surface area contributed by atoms with Crippen LogP contribution in [0.25, 0.3) is 10.9 Å². The highest BCUT2D eigenvalue weighted by atomic mass is 32.1. The van der Waals surface area contributed by atoms with Gasteiger partial charge < -0.3 is 10.2 Å². The van der Waals surface area contributed by atoms with Crippen molar-refractivity contribution >= 4 is 27.4 Å². The van der Waals surface area contributed by atoms with E-state index in [4.69, 9.17) is 0 Å². The van der Waals surface area contributed by atoms with Gasteiger partial charge in [-0.25, -0.2) is 0 Å². The van der Waals surface area contributed by atoms with Crippen LogP contribution in [0.3, 0.4) is 0 Å². The molecule has 0 amide bonds. The van der Waals surface area contributed by atoms with Crippen LogP contribution >= 0.6 is 11.5 Å². The lowest BCUT2D eigenvalue weighted by molar-refractivity contribution is 0.230. The van der Waals surface area contributed by atoms with Crippen LogP contribution in [0.5, 0.6) is 0 Å². The molecule has 1 aromatic heterocycles. The molecule has 1 aliphatic heterocycles. The van der Waals surface area contributed by atoms with Crippen LogP contribution in [0.1, 0.15) is 19.8 Å². The van der Waals surface area contributed by atoms with E-state index >= 15 is 0 Å². The van der Waals surface area contributed by atoms with E-state index in [0.29, 0.717) is 6.04 Å². The maximum atomic E-state index is 4.48. The van der Waals surface area contributed by atoms with Crippen LogP contribution in [-0.2, 0) is 0 Å². The Hall–Kier alpha value is -1.13. The van der Waals surface area contributed by atoms with Crippen LogP contribution in [0.15, 0.2) is 24.3 Å². The summed E-state index contributed by atoms with van der Waals surface area (Å²) in [4.78, 5) is 2.52. The van der Waals surface area contributed by atoms with Crippen LogP contribution < -0.4 is 5.32 Å². The first-order chi connectivity index (χ1) is 8.86. The minimum Gasteiger partial charge on any atom is -0.372 e. The standard InChI is InChI=1S/C14H19N3S/c1-2-17-9-7-11(8-10-17)15-14-12-5-3-4-6-13(12)16-18-14/h3-6,11,15H,2,7-10H2,1H3. The Balaban J connectivity index is 1.70. The average Bonchev–Trinajstić information content (AvgIpc) is 2.83. The van der Waals surface area contributed by atoms with Gasteiger partial charge in [-0.3, -0.25) is 0 Å². The van der Waals surface area contributed by atoms with E-state index in [1.807, 2.05) is 6.07 Å². The zero-order chi connectivity index (χ0) is 12.4.